The van der Waals surface area contributed by atoms with Crippen molar-refractivity contribution < 1.29 is 4.39 Å². The Morgan fingerprint density at radius 3 is 2.76 bits per heavy atom. The minimum atomic E-state index is -0.393. The molecular weight excluding hydrogens is 269 g/mol. The van der Waals surface area contributed by atoms with Gasteiger partial charge in [0.25, 0.3) is 0 Å². The van der Waals surface area contributed by atoms with E-state index in [4.69, 9.17) is 5.73 Å². The molecule has 0 radical (unpaired) electrons. The maximum Gasteiger partial charge on any atom is 0.220 e. The molecular formula is C15H14FN5. The molecule has 0 amide bonds. The molecule has 21 heavy (non-hydrogen) atoms. The Morgan fingerprint density at radius 2 is 2.05 bits per heavy atom. The Kier molecular flexibility index (Phi) is 2.94. The monoisotopic (exact) mass is 283 g/mol. The van der Waals surface area contributed by atoms with Gasteiger partial charge in [0, 0.05) is 29.7 Å². The number of nitrogens with zero attached hydrogens (tertiary/aromatic N) is 4. The molecule has 0 saturated carbocycles. The molecule has 106 valence electrons. The summed E-state index contributed by atoms with van der Waals surface area (Å²) >= 11 is 0. The topological polar surface area (TPSA) is 69.1 Å². The van der Waals surface area contributed by atoms with Crippen LogP contribution in [0.2, 0.25) is 0 Å². The third-order valence-electron chi connectivity index (χ3n) is 3.30. The van der Waals surface area contributed by atoms with E-state index < -0.39 is 5.82 Å². The summed E-state index contributed by atoms with van der Waals surface area (Å²) in [5, 5.41) is 0. The summed E-state index contributed by atoms with van der Waals surface area (Å²) in [5.74, 6) is -0.188. The van der Waals surface area contributed by atoms with Crippen LogP contribution >= 0.6 is 0 Å². The van der Waals surface area contributed by atoms with E-state index in [-0.39, 0.29) is 5.95 Å². The zero-order valence-electron chi connectivity index (χ0n) is 11.8. The van der Waals surface area contributed by atoms with Crippen molar-refractivity contribution in [3.8, 4) is 0 Å². The molecule has 0 aliphatic carbocycles. The lowest BCUT2D eigenvalue weighted by Gasteiger charge is -2.10. The smallest absolute Gasteiger partial charge is 0.220 e. The molecule has 5 nitrogen and oxygen atoms in total. The summed E-state index contributed by atoms with van der Waals surface area (Å²) in [6.45, 7) is 7.65. The second kappa shape index (κ2) is 4.66. The van der Waals surface area contributed by atoms with Gasteiger partial charge in [-0.25, -0.2) is 19.3 Å². The van der Waals surface area contributed by atoms with E-state index in [1.165, 1.54) is 6.07 Å². The number of rotatable bonds is 2. The van der Waals surface area contributed by atoms with E-state index in [9.17, 15) is 4.39 Å². The lowest BCUT2D eigenvalue weighted by molar-refractivity contribution is 0.629. The number of hydrogen-bond acceptors (Lipinski definition) is 4. The number of pyridine rings is 1. The van der Waals surface area contributed by atoms with Crippen LogP contribution in [-0.4, -0.2) is 19.4 Å². The quantitative estimate of drug-likeness (QED) is 0.784. The Balaban J connectivity index is 2.13. The molecule has 0 spiro atoms. The number of nitrogens with two attached hydrogens (primary N) is 1. The fourth-order valence-electron chi connectivity index (χ4n) is 2.28. The summed E-state index contributed by atoms with van der Waals surface area (Å²) in [5.41, 5.74) is 9.32. The first kappa shape index (κ1) is 13.2. The molecule has 0 unspecified atom stereocenters. The molecule has 3 heterocycles. The second-order valence-electron chi connectivity index (χ2n) is 4.90. The van der Waals surface area contributed by atoms with Crippen LogP contribution in [0.5, 0.6) is 0 Å². The molecule has 0 bridgehead atoms. The Labute approximate surface area is 121 Å². The average Bonchev–Trinajstić information content (AvgIpc) is 2.79. The number of fused-ring (bicyclic) bond motifs is 1. The van der Waals surface area contributed by atoms with Gasteiger partial charge in [-0.1, -0.05) is 6.58 Å². The van der Waals surface area contributed by atoms with E-state index in [1.807, 2.05) is 13.8 Å². The third-order valence-corrected chi connectivity index (χ3v) is 3.30. The molecule has 2 N–H and O–H groups in total. The molecule has 0 atom stereocenters. The molecule has 3 aromatic heterocycles. The van der Waals surface area contributed by atoms with Crippen molar-refractivity contribution in [3.05, 3.63) is 59.6 Å². The number of anilines is 1. The number of halogens is 1. The first-order valence-corrected chi connectivity index (χ1v) is 6.39. The van der Waals surface area contributed by atoms with Gasteiger partial charge in [0.2, 0.25) is 5.95 Å². The standard InChI is InChI=1S/C15H14FN5/c1-8-6-21-7-11(4-13(16)14(21)19-8)9(2)12-5-18-15(17)20-10(12)3/h4-7H,2H2,1,3H3,(H2,17,18,20). The van der Waals surface area contributed by atoms with Gasteiger partial charge in [0.15, 0.2) is 11.5 Å². The highest BCUT2D eigenvalue weighted by Crippen LogP contribution is 2.25. The SMILES string of the molecule is C=C(c1cc(F)c2nc(C)cn2c1)c1cnc(N)nc1C. The fraction of sp³-hybridized carbons (Fsp3) is 0.133. The molecule has 0 fully saturated rings. The zero-order chi connectivity index (χ0) is 15.1. The molecule has 0 aliphatic rings. The lowest BCUT2D eigenvalue weighted by atomic mass is 10.0. The Hall–Kier alpha value is -2.76. The van der Waals surface area contributed by atoms with Crippen LogP contribution in [0.4, 0.5) is 10.3 Å². The minimum absolute atomic E-state index is 0.205. The summed E-state index contributed by atoms with van der Waals surface area (Å²) in [6.07, 6.45) is 5.15. The van der Waals surface area contributed by atoms with Crippen LogP contribution in [0, 0.1) is 19.7 Å². The number of aryl methyl sites for hydroxylation is 2. The van der Waals surface area contributed by atoms with Crippen LogP contribution in [0.3, 0.4) is 0 Å². The number of hydrogen-bond donors (Lipinski definition) is 1. The summed E-state index contributed by atoms with van der Waals surface area (Å²) in [6, 6.07) is 1.42. The van der Waals surface area contributed by atoms with Crippen LogP contribution in [0.25, 0.3) is 11.2 Å². The second-order valence-corrected chi connectivity index (χ2v) is 4.90. The van der Waals surface area contributed by atoms with Crippen molar-refractivity contribution in [3.63, 3.8) is 0 Å². The highest BCUT2D eigenvalue weighted by molar-refractivity contribution is 5.79. The first-order chi connectivity index (χ1) is 9.95. The van der Waals surface area contributed by atoms with E-state index in [2.05, 4.69) is 21.5 Å². The number of imidazole rings is 1. The van der Waals surface area contributed by atoms with Crippen molar-refractivity contribution in [1.82, 2.24) is 19.4 Å². The first-order valence-electron chi connectivity index (χ1n) is 6.39. The molecule has 0 aliphatic heterocycles. The Bertz CT molecular complexity index is 866. The summed E-state index contributed by atoms with van der Waals surface area (Å²) in [7, 11) is 0. The summed E-state index contributed by atoms with van der Waals surface area (Å²) < 4.78 is 15.8. The van der Waals surface area contributed by atoms with Crippen molar-refractivity contribution in [2.75, 3.05) is 5.73 Å². The number of nitrogen functional groups attached to an aromatic ring is 1. The predicted octanol–water partition coefficient (Wildman–Crippen LogP) is 2.52. The van der Waals surface area contributed by atoms with Crippen molar-refractivity contribution >= 4 is 17.2 Å². The van der Waals surface area contributed by atoms with Gasteiger partial charge < -0.3 is 10.1 Å². The minimum Gasteiger partial charge on any atom is -0.368 e. The van der Waals surface area contributed by atoms with E-state index in [0.29, 0.717) is 22.5 Å². The highest BCUT2D eigenvalue weighted by atomic mass is 19.1. The van der Waals surface area contributed by atoms with Gasteiger partial charge in [0.05, 0.1) is 11.4 Å². The molecule has 3 aromatic rings. The van der Waals surface area contributed by atoms with E-state index in [0.717, 1.165) is 11.3 Å². The van der Waals surface area contributed by atoms with Gasteiger partial charge in [-0.3, -0.25) is 0 Å². The van der Waals surface area contributed by atoms with Crippen molar-refractivity contribution in [2.24, 2.45) is 0 Å². The largest absolute Gasteiger partial charge is 0.368 e. The molecule has 6 heteroatoms. The van der Waals surface area contributed by atoms with Crippen molar-refractivity contribution in [2.45, 2.75) is 13.8 Å². The molecule has 0 saturated heterocycles. The Morgan fingerprint density at radius 1 is 1.29 bits per heavy atom. The normalized spacial score (nSPS) is 11.0. The summed E-state index contributed by atoms with van der Waals surface area (Å²) in [4.78, 5) is 12.2. The van der Waals surface area contributed by atoms with Gasteiger partial charge in [-0.05, 0) is 25.5 Å². The molecule has 0 aromatic carbocycles. The zero-order valence-corrected chi connectivity index (χ0v) is 11.8. The average molecular weight is 283 g/mol. The van der Waals surface area contributed by atoms with Gasteiger partial charge in [-0.15, -0.1) is 0 Å². The predicted molar refractivity (Wildman–Crippen MR) is 79.2 cm³/mol. The molecule has 3 rings (SSSR count). The highest BCUT2D eigenvalue weighted by Gasteiger charge is 2.12. The van der Waals surface area contributed by atoms with Gasteiger partial charge in [-0.2, -0.15) is 0 Å². The van der Waals surface area contributed by atoms with E-state index in [1.54, 1.807) is 23.0 Å². The van der Waals surface area contributed by atoms with Crippen LogP contribution in [-0.2, 0) is 0 Å². The third kappa shape index (κ3) is 2.24. The van der Waals surface area contributed by atoms with Crippen molar-refractivity contribution in [1.29, 1.82) is 0 Å². The van der Waals surface area contributed by atoms with Gasteiger partial charge >= 0.3 is 0 Å². The van der Waals surface area contributed by atoms with E-state index >= 15 is 0 Å². The van der Waals surface area contributed by atoms with Crippen LogP contribution in [0.1, 0.15) is 22.5 Å². The maximum atomic E-state index is 14.1. The fourth-order valence-corrected chi connectivity index (χ4v) is 2.28. The lowest BCUT2D eigenvalue weighted by Crippen LogP contribution is -2.01. The van der Waals surface area contributed by atoms with Crippen LogP contribution < -0.4 is 5.73 Å². The van der Waals surface area contributed by atoms with Crippen LogP contribution in [0.15, 0.2) is 31.2 Å². The number of aromatic nitrogens is 4. The van der Waals surface area contributed by atoms with Gasteiger partial charge in [0.1, 0.15) is 0 Å². The maximum absolute atomic E-state index is 14.1.